The van der Waals surface area contributed by atoms with Crippen molar-refractivity contribution in [3.8, 4) is 0 Å². The highest BCUT2D eigenvalue weighted by Crippen LogP contribution is 2.29. The number of fused-ring (bicyclic) bond motifs is 2. The molecule has 1 radical (unpaired) electrons. The lowest BCUT2D eigenvalue weighted by Gasteiger charge is -2.28. The quantitative estimate of drug-likeness (QED) is 0.573. The van der Waals surface area contributed by atoms with Crippen LogP contribution in [0.1, 0.15) is 40.5 Å². The first-order chi connectivity index (χ1) is 17.0. The van der Waals surface area contributed by atoms with Crippen LogP contribution in [0.4, 0.5) is 0 Å². The summed E-state index contributed by atoms with van der Waals surface area (Å²) in [6.45, 7) is 7.37. The topological polar surface area (TPSA) is 111 Å². The molecule has 1 aliphatic carbocycles. The summed E-state index contributed by atoms with van der Waals surface area (Å²) in [5.74, 6) is -1.84. The predicted molar refractivity (Wildman–Crippen MR) is 136 cm³/mol. The van der Waals surface area contributed by atoms with Gasteiger partial charge in [-0.15, -0.1) is 0 Å². The van der Waals surface area contributed by atoms with Crippen LogP contribution in [0.3, 0.4) is 0 Å². The number of carbonyl (C=O) groups excluding carboxylic acids is 3. The van der Waals surface area contributed by atoms with Crippen molar-refractivity contribution in [2.45, 2.75) is 58.8 Å². The van der Waals surface area contributed by atoms with Crippen LogP contribution < -0.4 is 5.32 Å². The van der Waals surface area contributed by atoms with E-state index in [0.29, 0.717) is 12.0 Å². The van der Waals surface area contributed by atoms with Crippen molar-refractivity contribution in [1.29, 1.82) is 0 Å². The van der Waals surface area contributed by atoms with Crippen LogP contribution >= 0.6 is 0 Å². The molecule has 197 valence electrons. The molecule has 2 bridgehead atoms. The van der Waals surface area contributed by atoms with Crippen LogP contribution in [-0.4, -0.2) is 62.2 Å². The van der Waals surface area contributed by atoms with E-state index >= 15 is 0 Å². The molecule has 0 spiro atoms. The van der Waals surface area contributed by atoms with Gasteiger partial charge in [-0.05, 0) is 32.6 Å². The number of amides is 1. The van der Waals surface area contributed by atoms with E-state index in [-0.39, 0.29) is 41.4 Å². The minimum Gasteiger partial charge on any atom is -0.492 e. The lowest BCUT2D eigenvalue weighted by Crippen LogP contribution is -2.36. The van der Waals surface area contributed by atoms with Crippen LogP contribution in [0.15, 0.2) is 58.6 Å². The van der Waals surface area contributed by atoms with Gasteiger partial charge in [0.2, 0.25) is 11.6 Å². The molecule has 2 aliphatic rings. The molecule has 0 unspecified atom stereocenters. The van der Waals surface area contributed by atoms with Gasteiger partial charge in [-0.25, -0.2) is 0 Å². The molecule has 0 fully saturated rings. The summed E-state index contributed by atoms with van der Waals surface area (Å²) in [6, 6.07) is 0. The van der Waals surface area contributed by atoms with Gasteiger partial charge in [-0.3, -0.25) is 14.4 Å². The second-order valence-corrected chi connectivity index (χ2v) is 9.40. The summed E-state index contributed by atoms with van der Waals surface area (Å²) in [5, 5.41) is 13.6. The van der Waals surface area contributed by atoms with E-state index in [1.165, 1.54) is 14.2 Å². The SMILES string of the molecule is COC1=C2C[C@@H](C)C[C@H](OC)[C@H](O)[C@@H](C)/C=C(\C)[CH][C@H](OC)/C=C\C=C(/C)C(=O)NC(=CC1=O)C2=O. The van der Waals surface area contributed by atoms with Gasteiger partial charge >= 0.3 is 0 Å². The Kier molecular flexibility index (Phi) is 11.0. The molecular formula is C28H38NO7. The third kappa shape index (κ3) is 7.59. The van der Waals surface area contributed by atoms with Gasteiger partial charge in [-0.2, -0.15) is 0 Å². The van der Waals surface area contributed by atoms with E-state index < -0.39 is 29.7 Å². The smallest absolute Gasteiger partial charge is 0.251 e. The number of hydrogen-bond acceptors (Lipinski definition) is 7. The molecule has 0 saturated carbocycles. The van der Waals surface area contributed by atoms with Crippen LogP contribution in [0.5, 0.6) is 0 Å². The Balaban J connectivity index is 2.49. The van der Waals surface area contributed by atoms with Gasteiger partial charge in [0.05, 0.1) is 31.1 Å². The zero-order valence-electron chi connectivity index (χ0n) is 22.2. The lowest BCUT2D eigenvalue weighted by molar-refractivity contribution is -0.120. The summed E-state index contributed by atoms with van der Waals surface area (Å²) in [6.07, 6.45) is 9.06. The number of methoxy groups -OCH3 is 3. The minimum absolute atomic E-state index is 0.0338. The van der Waals surface area contributed by atoms with Gasteiger partial charge in [0.15, 0.2) is 5.76 Å². The number of nitrogens with one attached hydrogen (secondary N) is 1. The molecule has 8 heteroatoms. The van der Waals surface area contributed by atoms with Crippen LogP contribution in [0.2, 0.25) is 0 Å². The van der Waals surface area contributed by atoms with Gasteiger partial charge in [0, 0.05) is 43.8 Å². The number of aliphatic hydroxyl groups excluding tert-OH is 1. The maximum absolute atomic E-state index is 13.2. The molecule has 1 heterocycles. The van der Waals surface area contributed by atoms with Crippen LogP contribution in [-0.2, 0) is 28.6 Å². The number of Topliss-reactive ketones (excluding diaryl/α,β-unsaturated/α-hetero) is 1. The first-order valence-corrected chi connectivity index (χ1v) is 12.0. The zero-order valence-corrected chi connectivity index (χ0v) is 22.2. The van der Waals surface area contributed by atoms with E-state index in [9.17, 15) is 19.5 Å². The largest absolute Gasteiger partial charge is 0.492 e. The fourth-order valence-electron chi connectivity index (χ4n) is 4.36. The summed E-state index contributed by atoms with van der Waals surface area (Å²) in [7, 11) is 4.46. The van der Waals surface area contributed by atoms with E-state index in [1.807, 2.05) is 33.3 Å². The lowest BCUT2D eigenvalue weighted by atomic mass is 9.85. The standard InChI is InChI=1S/C28H38NO7/c1-16-11-19(4)25(31)24(35-6)14-17(2)13-21-26(32)22(15-23(30)27(21)36-7)29-28(33)18(3)9-8-10-20(12-16)34-5/h8-12,15,17,19-20,24-25,31H,13-14H2,1-7H3,(H,29,33)/b10-8-,16-11+,18-9+/t17-,19+,20-,24+,25-/m1/s1. The van der Waals surface area contributed by atoms with Crippen molar-refractivity contribution in [2.75, 3.05) is 21.3 Å². The van der Waals surface area contributed by atoms with E-state index in [1.54, 1.807) is 32.3 Å². The van der Waals surface area contributed by atoms with Crippen molar-refractivity contribution >= 4 is 17.5 Å². The first-order valence-electron chi connectivity index (χ1n) is 12.0. The number of hydrogen-bond donors (Lipinski definition) is 2. The molecule has 0 aromatic rings. The normalized spacial score (nSPS) is 33.2. The third-order valence-electron chi connectivity index (χ3n) is 6.38. The van der Waals surface area contributed by atoms with E-state index in [0.717, 1.165) is 11.6 Å². The Hall–Kier alpha value is -2.81. The van der Waals surface area contributed by atoms with Crippen LogP contribution in [0, 0.1) is 18.3 Å². The Labute approximate surface area is 213 Å². The minimum atomic E-state index is -0.792. The highest BCUT2D eigenvalue weighted by atomic mass is 16.5. The number of aliphatic hydroxyl groups is 1. The molecule has 1 amide bonds. The number of ether oxygens (including phenoxy) is 3. The molecule has 2 rings (SSSR count). The van der Waals surface area contributed by atoms with Gasteiger partial charge < -0.3 is 24.6 Å². The maximum atomic E-state index is 13.2. The summed E-state index contributed by atoms with van der Waals surface area (Å²) >= 11 is 0. The Morgan fingerprint density at radius 1 is 1.06 bits per heavy atom. The van der Waals surface area contributed by atoms with Gasteiger partial charge in [0.25, 0.3) is 5.91 Å². The van der Waals surface area contributed by atoms with E-state index in [2.05, 4.69) is 5.32 Å². The molecule has 0 saturated heterocycles. The molecular weight excluding hydrogens is 462 g/mol. The Bertz CT molecular complexity index is 1000. The zero-order chi connectivity index (χ0) is 27.0. The highest BCUT2D eigenvalue weighted by Gasteiger charge is 2.33. The van der Waals surface area contributed by atoms with Crippen molar-refractivity contribution < 1.29 is 33.7 Å². The molecule has 0 aromatic heterocycles. The third-order valence-corrected chi connectivity index (χ3v) is 6.38. The summed E-state index contributed by atoms with van der Waals surface area (Å²) in [5.41, 5.74) is 1.38. The second kappa shape index (κ2) is 13.5. The number of ketones is 2. The molecule has 2 N–H and O–H groups in total. The molecule has 5 atom stereocenters. The van der Waals surface area contributed by atoms with Crippen LogP contribution in [0.25, 0.3) is 0 Å². The van der Waals surface area contributed by atoms with Gasteiger partial charge in [0.1, 0.15) is 0 Å². The molecule has 8 nitrogen and oxygen atoms in total. The summed E-state index contributed by atoms with van der Waals surface area (Å²) < 4.78 is 16.4. The number of rotatable bonds is 3. The fraction of sp³-hybridized carbons (Fsp3) is 0.500. The monoisotopic (exact) mass is 500 g/mol. The predicted octanol–water partition coefficient (Wildman–Crippen LogP) is 3.15. The van der Waals surface area contributed by atoms with E-state index in [4.69, 9.17) is 14.2 Å². The summed E-state index contributed by atoms with van der Waals surface area (Å²) in [4.78, 5) is 38.6. The van der Waals surface area contributed by atoms with Crippen molar-refractivity contribution in [1.82, 2.24) is 5.32 Å². The van der Waals surface area contributed by atoms with Crippen molar-refractivity contribution in [3.63, 3.8) is 0 Å². The molecule has 1 aliphatic heterocycles. The molecule has 36 heavy (non-hydrogen) atoms. The van der Waals surface area contributed by atoms with Crippen molar-refractivity contribution in [2.24, 2.45) is 11.8 Å². The first kappa shape index (κ1) is 29.4. The van der Waals surface area contributed by atoms with Gasteiger partial charge in [-0.1, -0.05) is 43.7 Å². The average molecular weight is 501 g/mol. The Morgan fingerprint density at radius 2 is 1.75 bits per heavy atom. The highest BCUT2D eigenvalue weighted by molar-refractivity contribution is 6.23. The number of allylic oxidation sites excluding steroid dienone is 4. The number of carbonyl (C=O) groups is 3. The second-order valence-electron chi connectivity index (χ2n) is 9.40. The maximum Gasteiger partial charge on any atom is 0.251 e. The van der Waals surface area contributed by atoms with Crippen molar-refractivity contribution in [3.05, 3.63) is 65.0 Å². The molecule has 0 aromatic carbocycles. The Morgan fingerprint density at radius 3 is 2.36 bits per heavy atom. The fourth-order valence-corrected chi connectivity index (χ4v) is 4.36. The average Bonchev–Trinajstić information content (AvgIpc) is 2.83.